The van der Waals surface area contributed by atoms with Crippen LogP contribution in [0.2, 0.25) is 0 Å². The number of ether oxygens (including phenoxy) is 1. The van der Waals surface area contributed by atoms with Crippen molar-refractivity contribution in [1.82, 2.24) is 10.6 Å². The first-order chi connectivity index (χ1) is 4.97. The minimum Gasteiger partial charge on any atom is -0.363 e. The van der Waals surface area contributed by atoms with Crippen LogP contribution in [0.1, 0.15) is 6.42 Å². The summed E-state index contributed by atoms with van der Waals surface area (Å²) in [5.41, 5.74) is 0. The van der Waals surface area contributed by atoms with Crippen molar-refractivity contribution < 1.29 is 4.74 Å². The third-order valence-electron chi connectivity index (χ3n) is 2.34. The molecule has 2 heterocycles. The van der Waals surface area contributed by atoms with Gasteiger partial charge in [0.05, 0.1) is 12.8 Å². The minimum atomic E-state index is 0.530. The summed E-state index contributed by atoms with van der Waals surface area (Å²) in [6.45, 7) is 4.12. The van der Waals surface area contributed by atoms with Crippen molar-refractivity contribution in [3.05, 3.63) is 0 Å². The Labute approximate surface area is 61.1 Å². The van der Waals surface area contributed by atoms with Gasteiger partial charge in [0.2, 0.25) is 0 Å². The second-order valence-electron chi connectivity index (χ2n) is 3.06. The Morgan fingerprint density at radius 2 is 2.10 bits per heavy atom. The van der Waals surface area contributed by atoms with Gasteiger partial charge in [-0.3, -0.25) is 5.32 Å². The van der Waals surface area contributed by atoms with Gasteiger partial charge in [-0.2, -0.15) is 0 Å². The van der Waals surface area contributed by atoms with Crippen LogP contribution in [-0.2, 0) is 4.74 Å². The summed E-state index contributed by atoms with van der Waals surface area (Å²) < 4.78 is 5.53. The fourth-order valence-corrected chi connectivity index (χ4v) is 1.73. The van der Waals surface area contributed by atoms with E-state index in [2.05, 4.69) is 10.6 Å². The lowest BCUT2D eigenvalue weighted by Crippen LogP contribution is -2.50. The number of hydrogen-bond acceptors (Lipinski definition) is 3. The predicted octanol–water partition coefficient (Wildman–Crippen LogP) is -0.458. The second-order valence-corrected chi connectivity index (χ2v) is 3.06. The van der Waals surface area contributed by atoms with E-state index in [0.29, 0.717) is 12.0 Å². The largest absolute Gasteiger partial charge is 0.363 e. The van der Waals surface area contributed by atoms with E-state index >= 15 is 0 Å². The SMILES string of the molecule is C1CC2OCNCC2CN1. The van der Waals surface area contributed by atoms with E-state index in [1.807, 2.05) is 0 Å². The van der Waals surface area contributed by atoms with Crippen LogP contribution in [0.25, 0.3) is 0 Å². The first-order valence-electron chi connectivity index (χ1n) is 4.00. The molecule has 2 atom stereocenters. The van der Waals surface area contributed by atoms with Crippen molar-refractivity contribution in [3.63, 3.8) is 0 Å². The number of hydrogen-bond donors (Lipinski definition) is 2. The Morgan fingerprint density at radius 1 is 1.20 bits per heavy atom. The highest BCUT2D eigenvalue weighted by Crippen LogP contribution is 2.16. The van der Waals surface area contributed by atoms with Crippen molar-refractivity contribution in [2.45, 2.75) is 12.5 Å². The van der Waals surface area contributed by atoms with Gasteiger partial charge in [-0.25, -0.2) is 0 Å². The van der Waals surface area contributed by atoms with Crippen molar-refractivity contribution in [1.29, 1.82) is 0 Å². The molecule has 2 aliphatic heterocycles. The maximum absolute atomic E-state index is 5.53. The van der Waals surface area contributed by atoms with E-state index in [4.69, 9.17) is 4.74 Å². The molecule has 58 valence electrons. The summed E-state index contributed by atoms with van der Waals surface area (Å²) in [4.78, 5) is 0. The van der Waals surface area contributed by atoms with Crippen LogP contribution in [0.5, 0.6) is 0 Å². The van der Waals surface area contributed by atoms with E-state index in [9.17, 15) is 0 Å². The molecule has 0 aliphatic carbocycles. The van der Waals surface area contributed by atoms with Gasteiger partial charge in [0.1, 0.15) is 0 Å². The quantitative estimate of drug-likeness (QED) is 0.480. The first kappa shape index (κ1) is 6.58. The van der Waals surface area contributed by atoms with Crippen molar-refractivity contribution in [2.75, 3.05) is 26.4 Å². The van der Waals surface area contributed by atoms with Gasteiger partial charge < -0.3 is 10.1 Å². The smallest absolute Gasteiger partial charge is 0.0969 e. The second kappa shape index (κ2) is 2.86. The summed E-state index contributed by atoms with van der Waals surface area (Å²) in [6, 6.07) is 0. The maximum atomic E-state index is 5.53. The summed E-state index contributed by atoms with van der Waals surface area (Å²) >= 11 is 0. The molecule has 0 aromatic carbocycles. The van der Waals surface area contributed by atoms with E-state index < -0.39 is 0 Å². The summed E-state index contributed by atoms with van der Waals surface area (Å²) in [7, 11) is 0. The van der Waals surface area contributed by atoms with E-state index in [1.54, 1.807) is 0 Å². The zero-order valence-electron chi connectivity index (χ0n) is 6.10. The normalized spacial score (nSPS) is 40.8. The zero-order chi connectivity index (χ0) is 6.81. The molecule has 0 saturated carbocycles. The van der Waals surface area contributed by atoms with Crippen LogP contribution in [0, 0.1) is 5.92 Å². The number of nitrogens with one attached hydrogen (secondary N) is 2. The third kappa shape index (κ3) is 1.17. The van der Waals surface area contributed by atoms with Crippen LogP contribution in [0.4, 0.5) is 0 Å². The average molecular weight is 142 g/mol. The topological polar surface area (TPSA) is 33.3 Å². The lowest BCUT2D eigenvalue weighted by molar-refractivity contribution is -0.0459. The lowest BCUT2D eigenvalue weighted by atomic mass is 9.95. The fourth-order valence-electron chi connectivity index (χ4n) is 1.73. The molecule has 2 fully saturated rings. The van der Waals surface area contributed by atoms with Crippen LogP contribution in [0.15, 0.2) is 0 Å². The predicted molar refractivity (Wildman–Crippen MR) is 38.7 cm³/mol. The number of piperidine rings is 1. The molecule has 0 bridgehead atoms. The summed E-state index contributed by atoms with van der Waals surface area (Å²) in [5.74, 6) is 0.711. The standard InChI is InChI=1S/C7H14N2O/c1-2-8-3-6-4-9-5-10-7(1)6/h6-9H,1-5H2. The Balaban J connectivity index is 1.93. The van der Waals surface area contributed by atoms with Gasteiger partial charge >= 0.3 is 0 Å². The molecule has 3 nitrogen and oxygen atoms in total. The Hall–Kier alpha value is -0.120. The first-order valence-corrected chi connectivity index (χ1v) is 4.00. The molecule has 2 rings (SSSR count). The Morgan fingerprint density at radius 3 is 3.00 bits per heavy atom. The van der Waals surface area contributed by atoms with Gasteiger partial charge in [0.15, 0.2) is 0 Å². The Kier molecular flexibility index (Phi) is 1.88. The highest BCUT2D eigenvalue weighted by molar-refractivity contribution is 4.82. The van der Waals surface area contributed by atoms with Crippen molar-refractivity contribution >= 4 is 0 Å². The Bertz CT molecular complexity index is 92.2. The van der Waals surface area contributed by atoms with Gasteiger partial charge in [-0.15, -0.1) is 0 Å². The summed E-state index contributed by atoms with van der Waals surface area (Å²) in [5, 5.41) is 6.59. The summed E-state index contributed by atoms with van der Waals surface area (Å²) in [6.07, 6.45) is 1.72. The molecule has 0 aromatic heterocycles. The molecule has 10 heavy (non-hydrogen) atoms. The molecule has 0 spiro atoms. The lowest BCUT2D eigenvalue weighted by Gasteiger charge is -2.36. The molecule has 0 amide bonds. The average Bonchev–Trinajstić information content (AvgIpc) is 2.05. The molecule has 2 aliphatic rings. The molecular formula is C7H14N2O. The van der Waals surface area contributed by atoms with Crippen LogP contribution >= 0.6 is 0 Å². The highest BCUT2D eigenvalue weighted by Gasteiger charge is 2.27. The van der Waals surface area contributed by atoms with E-state index in [-0.39, 0.29) is 0 Å². The number of rotatable bonds is 0. The monoisotopic (exact) mass is 142 g/mol. The molecule has 3 heteroatoms. The van der Waals surface area contributed by atoms with Gasteiger partial charge in [0, 0.05) is 19.0 Å². The van der Waals surface area contributed by atoms with Crippen LogP contribution in [-0.4, -0.2) is 32.5 Å². The molecule has 2 N–H and O–H groups in total. The zero-order valence-corrected chi connectivity index (χ0v) is 6.10. The van der Waals surface area contributed by atoms with E-state index in [0.717, 1.165) is 26.4 Å². The van der Waals surface area contributed by atoms with Crippen LogP contribution < -0.4 is 10.6 Å². The van der Waals surface area contributed by atoms with Gasteiger partial charge in [-0.05, 0) is 13.0 Å². The number of fused-ring (bicyclic) bond motifs is 1. The molecule has 0 aromatic rings. The van der Waals surface area contributed by atoms with Crippen molar-refractivity contribution in [2.24, 2.45) is 5.92 Å². The maximum Gasteiger partial charge on any atom is 0.0969 e. The van der Waals surface area contributed by atoms with Crippen LogP contribution in [0.3, 0.4) is 0 Å². The fraction of sp³-hybridized carbons (Fsp3) is 1.00. The molecule has 0 radical (unpaired) electrons. The molecule has 2 saturated heterocycles. The molecule has 2 unspecified atom stereocenters. The van der Waals surface area contributed by atoms with Gasteiger partial charge in [-0.1, -0.05) is 0 Å². The minimum absolute atomic E-state index is 0.530. The van der Waals surface area contributed by atoms with Gasteiger partial charge in [0.25, 0.3) is 0 Å². The third-order valence-corrected chi connectivity index (χ3v) is 2.34. The molecular weight excluding hydrogens is 128 g/mol. The van der Waals surface area contributed by atoms with E-state index in [1.165, 1.54) is 6.42 Å². The van der Waals surface area contributed by atoms with Crippen molar-refractivity contribution in [3.8, 4) is 0 Å². The highest BCUT2D eigenvalue weighted by atomic mass is 16.5.